The third kappa shape index (κ3) is 5.96. The van der Waals surface area contributed by atoms with E-state index < -0.39 is 35.4 Å². The van der Waals surface area contributed by atoms with Crippen LogP contribution in [0.25, 0.3) is 0 Å². The summed E-state index contributed by atoms with van der Waals surface area (Å²) in [5, 5.41) is 11.5. The molecule has 1 aliphatic rings. The molecular formula is C25H31FN2O7S. The van der Waals surface area contributed by atoms with E-state index in [0.717, 1.165) is 11.3 Å². The molecule has 0 radical (unpaired) electrons. The van der Waals surface area contributed by atoms with Gasteiger partial charge >= 0.3 is 11.9 Å². The van der Waals surface area contributed by atoms with Crippen LogP contribution >= 0.6 is 11.3 Å². The third-order valence-electron chi connectivity index (χ3n) is 5.40. The number of carbonyl (C=O) groups excluding carboxylic acids is 3. The van der Waals surface area contributed by atoms with Gasteiger partial charge in [0.1, 0.15) is 39.7 Å². The molecule has 1 aliphatic heterocycles. The lowest BCUT2D eigenvalue weighted by Crippen LogP contribution is -2.50. The summed E-state index contributed by atoms with van der Waals surface area (Å²) < 4.78 is 29.7. The highest BCUT2D eigenvalue weighted by Gasteiger charge is 2.38. The summed E-state index contributed by atoms with van der Waals surface area (Å²) in [4.78, 5) is 41.7. The van der Waals surface area contributed by atoms with Crippen LogP contribution in [-0.2, 0) is 14.3 Å². The van der Waals surface area contributed by atoms with Crippen LogP contribution < -0.4 is 9.64 Å². The third-order valence-corrected chi connectivity index (χ3v) is 6.74. The molecule has 2 aromatic rings. The standard InChI is InChI=1S/C25H31FN2O7S/c1-7-34-24(32)21-14(2)20-22(31)27(12-19(30)35-25(3,4)5)13-28(23(20)36-21)11-17(29)16-10-15(26)8-9-18(16)33-6/h8-10,17,29H,7,11-13H2,1-6H3. The van der Waals surface area contributed by atoms with Crippen LogP contribution in [0.3, 0.4) is 0 Å². The van der Waals surface area contributed by atoms with Gasteiger partial charge in [-0.1, -0.05) is 0 Å². The first kappa shape index (κ1) is 27.4. The lowest BCUT2D eigenvalue weighted by atomic mass is 10.1. The predicted octanol–water partition coefficient (Wildman–Crippen LogP) is 3.68. The molecule has 2 heterocycles. The molecule has 1 unspecified atom stereocenters. The van der Waals surface area contributed by atoms with E-state index >= 15 is 0 Å². The Bertz CT molecular complexity index is 1160. The minimum absolute atomic E-state index is 0.0536. The quantitative estimate of drug-likeness (QED) is 0.524. The molecule has 0 fully saturated rings. The number of carbonyl (C=O) groups is 3. The molecule has 1 atom stereocenters. The molecule has 1 aromatic carbocycles. The van der Waals surface area contributed by atoms with E-state index in [1.807, 2.05) is 0 Å². The fourth-order valence-corrected chi connectivity index (χ4v) is 5.12. The van der Waals surface area contributed by atoms with Crippen molar-refractivity contribution in [3.63, 3.8) is 0 Å². The number of esters is 2. The summed E-state index contributed by atoms with van der Waals surface area (Å²) in [7, 11) is 1.41. The maximum absolute atomic E-state index is 13.9. The topological polar surface area (TPSA) is 106 Å². The van der Waals surface area contributed by atoms with Crippen molar-refractivity contribution >= 4 is 34.2 Å². The van der Waals surface area contributed by atoms with E-state index in [4.69, 9.17) is 14.2 Å². The first-order valence-corrected chi connectivity index (χ1v) is 12.3. The molecule has 1 amide bonds. The first-order valence-electron chi connectivity index (χ1n) is 11.4. The molecule has 11 heteroatoms. The normalized spacial score (nSPS) is 14.4. The summed E-state index contributed by atoms with van der Waals surface area (Å²) in [6, 6.07) is 3.83. The van der Waals surface area contributed by atoms with Gasteiger partial charge in [0.15, 0.2) is 0 Å². The highest BCUT2D eigenvalue weighted by atomic mass is 32.1. The number of halogens is 1. The Morgan fingerprint density at radius 2 is 1.94 bits per heavy atom. The van der Waals surface area contributed by atoms with E-state index in [1.165, 1.54) is 30.2 Å². The number of ether oxygens (including phenoxy) is 3. The number of benzene rings is 1. The number of aliphatic hydroxyl groups is 1. The van der Waals surface area contributed by atoms with Gasteiger partial charge < -0.3 is 29.1 Å². The van der Waals surface area contributed by atoms with Crippen molar-refractivity contribution in [3.05, 3.63) is 45.6 Å². The van der Waals surface area contributed by atoms with Gasteiger partial charge in [0.05, 0.1) is 32.5 Å². The Balaban J connectivity index is 1.99. The number of β-amino-alcohol motifs (C(OH)–C–C–N with tert-alkyl or cyclic N) is 1. The molecule has 0 spiro atoms. The number of amides is 1. The Morgan fingerprint density at radius 1 is 1.25 bits per heavy atom. The van der Waals surface area contributed by atoms with Crippen LogP contribution in [0.5, 0.6) is 5.75 Å². The second kappa shape index (κ2) is 10.8. The largest absolute Gasteiger partial charge is 0.496 e. The van der Waals surface area contributed by atoms with Crippen molar-refractivity contribution in [1.29, 1.82) is 0 Å². The molecule has 3 rings (SSSR count). The second-order valence-corrected chi connectivity index (χ2v) is 10.3. The lowest BCUT2D eigenvalue weighted by Gasteiger charge is -2.37. The molecular weight excluding hydrogens is 491 g/mol. The number of methoxy groups -OCH3 is 1. The van der Waals surface area contributed by atoms with Crippen LogP contribution in [0.2, 0.25) is 0 Å². The number of anilines is 1. The van der Waals surface area contributed by atoms with Crippen LogP contribution in [0, 0.1) is 12.7 Å². The summed E-state index contributed by atoms with van der Waals surface area (Å²) in [5.74, 6) is -1.83. The first-order chi connectivity index (χ1) is 16.9. The van der Waals surface area contributed by atoms with Gasteiger partial charge in [-0.15, -0.1) is 11.3 Å². The number of rotatable bonds is 8. The second-order valence-electron chi connectivity index (χ2n) is 9.31. The van der Waals surface area contributed by atoms with Gasteiger partial charge in [0.2, 0.25) is 0 Å². The van der Waals surface area contributed by atoms with Gasteiger partial charge in [-0.3, -0.25) is 9.59 Å². The Hall–Kier alpha value is -3.18. The zero-order valence-electron chi connectivity index (χ0n) is 21.2. The Labute approximate surface area is 213 Å². The van der Waals surface area contributed by atoms with Gasteiger partial charge in [-0.05, 0) is 58.4 Å². The maximum atomic E-state index is 13.9. The fraction of sp³-hybridized carbons (Fsp3) is 0.480. The van der Waals surface area contributed by atoms with E-state index in [2.05, 4.69) is 0 Å². The van der Waals surface area contributed by atoms with E-state index in [9.17, 15) is 23.9 Å². The van der Waals surface area contributed by atoms with Gasteiger partial charge in [-0.2, -0.15) is 0 Å². The molecule has 0 saturated carbocycles. The smallest absolute Gasteiger partial charge is 0.348 e. The van der Waals surface area contributed by atoms with Crippen molar-refractivity contribution in [2.75, 3.05) is 38.4 Å². The minimum atomic E-state index is -1.20. The number of aliphatic hydroxyl groups excluding tert-OH is 1. The zero-order chi connectivity index (χ0) is 26.8. The molecule has 0 aliphatic carbocycles. The average Bonchev–Trinajstić information content (AvgIpc) is 3.13. The summed E-state index contributed by atoms with van der Waals surface area (Å²) in [6.45, 7) is 8.23. The van der Waals surface area contributed by atoms with E-state index in [1.54, 1.807) is 39.5 Å². The highest BCUT2D eigenvalue weighted by Crippen LogP contribution is 2.41. The van der Waals surface area contributed by atoms with Crippen molar-refractivity contribution in [2.45, 2.75) is 46.3 Å². The van der Waals surface area contributed by atoms with Gasteiger partial charge in [0.25, 0.3) is 5.91 Å². The van der Waals surface area contributed by atoms with Crippen molar-refractivity contribution < 1.29 is 38.1 Å². The van der Waals surface area contributed by atoms with Gasteiger partial charge in [-0.25, -0.2) is 9.18 Å². The molecule has 1 N–H and O–H groups in total. The van der Waals surface area contributed by atoms with Crippen molar-refractivity contribution in [2.24, 2.45) is 0 Å². The molecule has 36 heavy (non-hydrogen) atoms. The summed E-state index contributed by atoms with van der Waals surface area (Å²) >= 11 is 1.07. The molecule has 0 saturated heterocycles. The highest BCUT2D eigenvalue weighted by molar-refractivity contribution is 7.18. The number of hydrogen-bond acceptors (Lipinski definition) is 9. The molecule has 0 bridgehead atoms. The minimum Gasteiger partial charge on any atom is -0.496 e. The summed E-state index contributed by atoms with van der Waals surface area (Å²) in [5.41, 5.74) is 0.167. The molecule has 196 valence electrons. The van der Waals surface area contributed by atoms with Gasteiger partial charge in [0, 0.05) is 5.56 Å². The predicted molar refractivity (Wildman–Crippen MR) is 132 cm³/mol. The van der Waals surface area contributed by atoms with E-state index in [0.29, 0.717) is 16.3 Å². The van der Waals surface area contributed by atoms with Crippen LogP contribution in [-0.4, -0.2) is 66.9 Å². The fourth-order valence-electron chi connectivity index (χ4n) is 3.92. The molecule has 9 nitrogen and oxygen atoms in total. The number of fused-ring (bicyclic) bond motifs is 1. The van der Waals surface area contributed by atoms with Crippen molar-refractivity contribution in [1.82, 2.24) is 4.90 Å². The number of hydrogen-bond donors (Lipinski definition) is 1. The SMILES string of the molecule is CCOC(=O)c1sc2c(c1C)C(=O)N(CC(=O)OC(C)(C)C)CN2CC(O)c1cc(F)ccc1OC. The Morgan fingerprint density at radius 3 is 2.56 bits per heavy atom. The zero-order valence-corrected chi connectivity index (χ0v) is 22.0. The van der Waals surface area contributed by atoms with Crippen molar-refractivity contribution in [3.8, 4) is 5.75 Å². The van der Waals surface area contributed by atoms with Crippen LogP contribution in [0.4, 0.5) is 9.39 Å². The maximum Gasteiger partial charge on any atom is 0.348 e. The number of nitrogens with zero attached hydrogens (tertiary/aromatic N) is 2. The molecule has 1 aromatic heterocycles. The average molecular weight is 523 g/mol. The monoisotopic (exact) mass is 522 g/mol. The number of thiophene rings is 1. The van der Waals surface area contributed by atoms with Crippen LogP contribution in [0.15, 0.2) is 18.2 Å². The summed E-state index contributed by atoms with van der Waals surface area (Å²) in [6.07, 6.45) is -1.20. The van der Waals surface area contributed by atoms with Crippen LogP contribution in [0.1, 0.15) is 65.0 Å². The lowest BCUT2D eigenvalue weighted by molar-refractivity contribution is -0.155. The Kier molecular flexibility index (Phi) is 8.25. The van der Waals surface area contributed by atoms with E-state index in [-0.39, 0.29) is 42.4 Å².